The second-order valence-corrected chi connectivity index (χ2v) is 6.04. The molecule has 0 saturated carbocycles. The van der Waals surface area contributed by atoms with Gasteiger partial charge in [-0.3, -0.25) is 0 Å². The van der Waals surface area contributed by atoms with Crippen LogP contribution in [0.15, 0.2) is 40.9 Å². The lowest BCUT2D eigenvalue weighted by Gasteiger charge is -2.09. The summed E-state index contributed by atoms with van der Waals surface area (Å²) >= 11 is 3.52. The van der Waals surface area contributed by atoms with Crippen LogP contribution in [0.1, 0.15) is 16.7 Å². The third-order valence-electron chi connectivity index (χ3n) is 3.65. The van der Waals surface area contributed by atoms with E-state index in [2.05, 4.69) is 64.6 Å². The standard InChI is InChI=1S/C17H18BrNO/c1-12-10-15(3-4-16(12)18)19-8-6-13-2-5-17-14(11-13)7-9-20-17/h2-5,10-11,19H,6-9H2,1H3. The number of aryl methyl sites for hydroxylation is 1. The minimum atomic E-state index is 0.829. The van der Waals surface area contributed by atoms with Crippen LogP contribution in [0.25, 0.3) is 0 Å². The summed E-state index contributed by atoms with van der Waals surface area (Å²) in [7, 11) is 0. The van der Waals surface area contributed by atoms with Gasteiger partial charge >= 0.3 is 0 Å². The number of hydrogen-bond acceptors (Lipinski definition) is 2. The number of hydrogen-bond donors (Lipinski definition) is 1. The molecule has 1 aliphatic rings. The third-order valence-corrected chi connectivity index (χ3v) is 4.54. The molecule has 104 valence electrons. The van der Waals surface area contributed by atoms with E-state index in [1.165, 1.54) is 22.4 Å². The smallest absolute Gasteiger partial charge is 0.122 e. The van der Waals surface area contributed by atoms with Crippen molar-refractivity contribution in [2.75, 3.05) is 18.5 Å². The molecular weight excluding hydrogens is 314 g/mol. The lowest BCUT2D eigenvalue weighted by Crippen LogP contribution is -2.05. The normalized spacial score (nSPS) is 12.9. The molecule has 0 bridgehead atoms. The topological polar surface area (TPSA) is 21.3 Å². The van der Waals surface area contributed by atoms with Crippen molar-refractivity contribution in [1.29, 1.82) is 0 Å². The molecule has 2 aromatic carbocycles. The van der Waals surface area contributed by atoms with Gasteiger partial charge in [0, 0.05) is 23.1 Å². The Kier molecular flexibility index (Phi) is 3.97. The van der Waals surface area contributed by atoms with E-state index in [1.54, 1.807) is 0 Å². The summed E-state index contributed by atoms with van der Waals surface area (Å²) in [5.74, 6) is 1.06. The molecule has 1 aliphatic heterocycles. The Hall–Kier alpha value is -1.48. The van der Waals surface area contributed by atoms with Gasteiger partial charge in [-0.05, 0) is 54.3 Å². The summed E-state index contributed by atoms with van der Waals surface area (Å²) in [5.41, 5.74) is 5.15. The zero-order chi connectivity index (χ0) is 13.9. The number of rotatable bonds is 4. The van der Waals surface area contributed by atoms with Crippen molar-refractivity contribution in [3.05, 3.63) is 57.6 Å². The van der Waals surface area contributed by atoms with Gasteiger partial charge in [0.15, 0.2) is 0 Å². The van der Waals surface area contributed by atoms with Gasteiger partial charge in [-0.15, -0.1) is 0 Å². The molecule has 0 amide bonds. The van der Waals surface area contributed by atoms with Crippen molar-refractivity contribution < 1.29 is 4.74 Å². The first-order valence-electron chi connectivity index (χ1n) is 6.97. The fraction of sp³-hybridized carbons (Fsp3) is 0.294. The monoisotopic (exact) mass is 331 g/mol. The Labute approximate surface area is 128 Å². The molecule has 0 fully saturated rings. The molecule has 1 N–H and O–H groups in total. The fourth-order valence-electron chi connectivity index (χ4n) is 2.50. The fourth-order valence-corrected chi connectivity index (χ4v) is 2.75. The molecule has 2 aromatic rings. The van der Waals surface area contributed by atoms with Crippen LogP contribution in [-0.2, 0) is 12.8 Å². The van der Waals surface area contributed by atoms with Gasteiger partial charge < -0.3 is 10.1 Å². The third kappa shape index (κ3) is 2.98. The van der Waals surface area contributed by atoms with Crippen LogP contribution < -0.4 is 10.1 Å². The molecule has 0 aliphatic carbocycles. The highest BCUT2D eigenvalue weighted by molar-refractivity contribution is 9.10. The van der Waals surface area contributed by atoms with Crippen LogP contribution in [-0.4, -0.2) is 13.2 Å². The van der Waals surface area contributed by atoms with Crippen molar-refractivity contribution in [3.63, 3.8) is 0 Å². The average molecular weight is 332 g/mol. The average Bonchev–Trinajstić information content (AvgIpc) is 2.90. The largest absolute Gasteiger partial charge is 0.493 e. The van der Waals surface area contributed by atoms with Crippen molar-refractivity contribution in [3.8, 4) is 5.75 Å². The summed E-state index contributed by atoms with van der Waals surface area (Å²) < 4.78 is 6.69. The zero-order valence-electron chi connectivity index (χ0n) is 11.6. The van der Waals surface area contributed by atoms with E-state index in [0.717, 1.165) is 36.2 Å². The molecule has 0 saturated heterocycles. The van der Waals surface area contributed by atoms with Crippen molar-refractivity contribution in [2.24, 2.45) is 0 Å². The first-order valence-corrected chi connectivity index (χ1v) is 7.76. The van der Waals surface area contributed by atoms with Gasteiger partial charge in [-0.25, -0.2) is 0 Å². The maximum atomic E-state index is 5.53. The Balaban J connectivity index is 1.58. The van der Waals surface area contributed by atoms with Crippen LogP contribution in [0.2, 0.25) is 0 Å². The lowest BCUT2D eigenvalue weighted by molar-refractivity contribution is 0.357. The molecule has 0 aromatic heterocycles. The summed E-state index contributed by atoms with van der Waals surface area (Å²) in [5, 5.41) is 3.48. The summed E-state index contributed by atoms with van der Waals surface area (Å²) in [6.45, 7) is 3.88. The highest BCUT2D eigenvalue weighted by Gasteiger charge is 2.11. The van der Waals surface area contributed by atoms with Crippen LogP contribution in [0, 0.1) is 6.92 Å². The van der Waals surface area contributed by atoms with Crippen LogP contribution in [0.3, 0.4) is 0 Å². The molecule has 20 heavy (non-hydrogen) atoms. The van der Waals surface area contributed by atoms with Gasteiger partial charge in [0.2, 0.25) is 0 Å². The van der Waals surface area contributed by atoms with Gasteiger partial charge in [0.05, 0.1) is 6.61 Å². The predicted octanol–water partition coefficient (Wildman–Crippen LogP) is 4.35. The number of benzene rings is 2. The van der Waals surface area contributed by atoms with Crippen LogP contribution in [0.4, 0.5) is 5.69 Å². The Morgan fingerprint density at radius 2 is 2.10 bits per heavy atom. The molecule has 0 radical (unpaired) electrons. The van der Waals surface area contributed by atoms with E-state index in [4.69, 9.17) is 4.74 Å². The minimum absolute atomic E-state index is 0.829. The molecular formula is C17H18BrNO. The maximum Gasteiger partial charge on any atom is 0.122 e. The maximum absolute atomic E-state index is 5.53. The number of halogens is 1. The van der Waals surface area contributed by atoms with Crippen molar-refractivity contribution in [2.45, 2.75) is 19.8 Å². The highest BCUT2D eigenvalue weighted by atomic mass is 79.9. The molecule has 2 nitrogen and oxygen atoms in total. The summed E-state index contributed by atoms with van der Waals surface area (Å²) in [4.78, 5) is 0. The minimum Gasteiger partial charge on any atom is -0.493 e. The number of anilines is 1. The van der Waals surface area contributed by atoms with Gasteiger partial charge in [0.1, 0.15) is 5.75 Å². The van der Waals surface area contributed by atoms with Gasteiger partial charge in [-0.2, -0.15) is 0 Å². The molecule has 0 atom stereocenters. The zero-order valence-corrected chi connectivity index (χ0v) is 13.2. The quantitative estimate of drug-likeness (QED) is 0.899. The van der Waals surface area contributed by atoms with E-state index in [0.29, 0.717) is 0 Å². The lowest BCUT2D eigenvalue weighted by atomic mass is 10.1. The van der Waals surface area contributed by atoms with Crippen LogP contribution in [0.5, 0.6) is 5.75 Å². The van der Waals surface area contributed by atoms with Gasteiger partial charge in [-0.1, -0.05) is 28.1 Å². The van der Waals surface area contributed by atoms with E-state index in [9.17, 15) is 0 Å². The molecule has 0 unspecified atom stereocenters. The van der Waals surface area contributed by atoms with E-state index in [1.807, 2.05) is 0 Å². The van der Waals surface area contributed by atoms with E-state index in [-0.39, 0.29) is 0 Å². The predicted molar refractivity (Wildman–Crippen MR) is 86.7 cm³/mol. The Morgan fingerprint density at radius 3 is 2.95 bits per heavy atom. The summed E-state index contributed by atoms with van der Waals surface area (Å²) in [6, 6.07) is 12.9. The van der Waals surface area contributed by atoms with E-state index < -0.39 is 0 Å². The highest BCUT2D eigenvalue weighted by Crippen LogP contribution is 2.26. The van der Waals surface area contributed by atoms with Crippen LogP contribution >= 0.6 is 15.9 Å². The second-order valence-electron chi connectivity index (χ2n) is 5.18. The van der Waals surface area contributed by atoms with Crippen molar-refractivity contribution in [1.82, 2.24) is 0 Å². The van der Waals surface area contributed by atoms with Crippen molar-refractivity contribution >= 4 is 21.6 Å². The van der Waals surface area contributed by atoms with E-state index >= 15 is 0 Å². The molecule has 0 spiro atoms. The number of nitrogens with one attached hydrogen (secondary N) is 1. The summed E-state index contributed by atoms with van der Waals surface area (Å²) in [6.07, 6.45) is 2.07. The molecule has 1 heterocycles. The first kappa shape index (κ1) is 13.5. The Bertz CT molecular complexity index is 624. The SMILES string of the molecule is Cc1cc(NCCc2ccc3c(c2)CCO3)ccc1Br. The van der Waals surface area contributed by atoms with Gasteiger partial charge in [0.25, 0.3) is 0 Å². The molecule has 3 rings (SSSR count). The molecule has 3 heteroatoms. The second kappa shape index (κ2) is 5.88. The Morgan fingerprint density at radius 1 is 1.20 bits per heavy atom. The number of fused-ring (bicyclic) bond motifs is 1. The first-order chi connectivity index (χ1) is 9.72. The number of ether oxygens (including phenoxy) is 1.